The van der Waals surface area contributed by atoms with Crippen molar-refractivity contribution in [3.63, 3.8) is 0 Å². The Morgan fingerprint density at radius 2 is 2.00 bits per heavy atom. The molecule has 1 aromatic rings. The number of amides is 2. The average Bonchev–Trinajstić information content (AvgIpc) is 2.68. The topological polar surface area (TPSA) is 117 Å². The van der Waals surface area contributed by atoms with Crippen molar-refractivity contribution in [1.82, 2.24) is 14.9 Å². The molecular weight excluding hydrogens is 372 g/mol. The zero-order valence-electron chi connectivity index (χ0n) is 15.2. The molecule has 1 aromatic carbocycles. The van der Waals surface area contributed by atoms with Crippen molar-refractivity contribution < 1.29 is 22.7 Å². The van der Waals surface area contributed by atoms with Gasteiger partial charge in [0.2, 0.25) is 15.9 Å². The maximum absolute atomic E-state index is 12.8. The van der Waals surface area contributed by atoms with E-state index in [0.717, 1.165) is 4.31 Å². The van der Waals surface area contributed by atoms with Gasteiger partial charge >= 0.3 is 0 Å². The zero-order chi connectivity index (χ0) is 19.5. The van der Waals surface area contributed by atoms with Gasteiger partial charge < -0.3 is 20.7 Å². The first-order chi connectivity index (χ1) is 12.9. The maximum Gasteiger partial charge on any atom is 0.256 e. The van der Waals surface area contributed by atoms with Gasteiger partial charge in [0, 0.05) is 25.9 Å². The summed E-state index contributed by atoms with van der Waals surface area (Å²) in [6, 6.07) is 6.05. The fourth-order valence-corrected chi connectivity index (χ4v) is 4.75. The van der Waals surface area contributed by atoms with Crippen LogP contribution in [-0.4, -0.2) is 70.0 Å². The quantitative estimate of drug-likeness (QED) is 0.619. The Morgan fingerprint density at radius 1 is 1.26 bits per heavy atom. The minimum atomic E-state index is -3.82. The molecule has 0 aliphatic carbocycles. The van der Waals surface area contributed by atoms with E-state index >= 15 is 0 Å². The van der Waals surface area contributed by atoms with Gasteiger partial charge in [0.05, 0.1) is 11.4 Å². The van der Waals surface area contributed by atoms with E-state index < -0.39 is 15.6 Å². The van der Waals surface area contributed by atoms with Crippen LogP contribution in [0.5, 0.6) is 0 Å². The number of piperazine rings is 1. The fraction of sp³-hybridized carbons (Fsp3) is 0.529. The van der Waals surface area contributed by atoms with Gasteiger partial charge in [-0.3, -0.25) is 9.59 Å². The number of carbonyl (C=O) groups excluding carboxylic acids is 2. The first-order valence-electron chi connectivity index (χ1n) is 8.82. The van der Waals surface area contributed by atoms with Gasteiger partial charge in [-0.15, -0.1) is 0 Å². The molecule has 2 aliphatic rings. The standard InChI is InChI=1S/C17H24N4O5S/c1-26-17(5-7-18-8-6-17)16(23)20-13-3-2-4-14(11-13)27(24,25)21-10-9-19-15(22)12-21/h2-4,11,18H,5-10,12H2,1H3,(H,19,22)(H,20,23). The van der Waals surface area contributed by atoms with Gasteiger partial charge in [-0.1, -0.05) is 6.07 Å². The maximum atomic E-state index is 12.8. The van der Waals surface area contributed by atoms with Crippen molar-refractivity contribution in [1.29, 1.82) is 0 Å². The number of piperidine rings is 1. The molecule has 3 N–H and O–H groups in total. The van der Waals surface area contributed by atoms with E-state index in [4.69, 9.17) is 4.74 Å². The van der Waals surface area contributed by atoms with Crippen molar-refractivity contribution in [2.24, 2.45) is 0 Å². The summed E-state index contributed by atoms with van der Waals surface area (Å²) >= 11 is 0. The van der Waals surface area contributed by atoms with Crippen LogP contribution in [0.15, 0.2) is 29.2 Å². The van der Waals surface area contributed by atoms with Crippen LogP contribution >= 0.6 is 0 Å². The highest BCUT2D eigenvalue weighted by Gasteiger charge is 2.39. The lowest BCUT2D eigenvalue weighted by atomic mass is 9.91. The van der Waals surface area contributed by atoms with Crippen molar-refractivity contribution in [3.8, 4) is 0 Å². The molecule has 148 valence electrons. The van der Waals surface area contributed by atoms with Crippen molar-refractivity contribution in [2.75, 3.05) is 45.2 Å². The van der Waals surface area contributed by atoms with Gasteiger partial charge in [0.15, 0.2) is 0 Å². The minimum absolute atomic E-state index is 0.0341. The van der Waals surface area contributed by atoms with Crippen LogP contribution in [0.4, 0.5) is 5.69 Å². The highest BCUT2D eigenvalue weighted by Crippen LogP contribution is 2.26. The van der Waals surface area contributed by atoms with Crippen LogP contribution in [0.25, 0.3) is 0 Å². The lowest BCUT2D eigenvalue weighted by Crippen LogP contribution is -2.51. The van der Waals surface area contributed by atoms with Crippen LogP contribution in [-0.2, 0) is 24.3 Å². The Kier molecular flexibility index (Phi) is 5.80. The molecule has 0 saturated carbocycles. The number of rotatable bonds is 5. The number of hydrogen-bond acceptors (Lipinski definition) is 6. The lowest BCUT2D eigenvalue weighted by molar-refractivity contribution is -0.140. The third-order valence-corrected chi connectivity index (χ3v) is 6.79. The molecule has 0 bridgehead atoms. The van der Waals surface area contributed by atoms with E-state index in [2.05, 4.69) is 16.0 Å². The molecule has 0 unspecified atom stereocenters. The largest absolute Gasteiger partial charge is 0.368 e. The third-order valence-electron chi connectivity index (χ3n) is 4.95. The summed E-state index contributed by atoms with van der Waals surface area (Å²) in [4.78, 5) is 24.3. The molecule has 2 amide bonds. The molecule has 3 rings (SSSR count). The summed E-state index contributed by atoms with van der Waals surface area (Å²) in [5, 5.41) is 8.56. The lowest BCUT2D eigenvalue weighted by Gasteiger charge is -2.34. The predicted octanol–water partition coefficient (Wildman–Crippen LogP) is -0.486. The summed E-state index contributed by atoms with van der Waals surface area (Å²) in [6.45, 7) is 1.63. The predicted molar refractivity (Wildman–Crippen MR) is 98.7 cm³/mol. The summed E-state index contributed by atoms with van der Waals surface area (Å²) in [7, 11) is -2.31. The zero-order valence-corrected chi connectivity index (χ0v) is 16.0. The Morgan fingerprint density at radius 3 is 2.67 bits per heavy atom. The molecule has 27 heavy (non-hydrogen) atoms. The molecule has 0 aromatic heterocycles. The number of methoxy groups -OCH3 is 1. The first-order valence-corrected chi connectivity index (χ1v) is 10.3. The molecule has 0 atom stereocenters. The van der Waals surface area contributed by atoms with Crippen LogP contribution in [0, 0.1) is 0 Å². The number of nitrogens with one attached hydrogen (secondary N) is 3. The van der Waals surface area contributed by atoms with Crippen LogP contribution in [0.3, 0.4) is 0 Å². The van der Waals surface area contributed by atoms with Crippen molar-refractivity contribution in [2.45, 2.75) is 23.3 Å². The summed E-state index contributed by atoms with van der Waals surface area (Å²) < 4.78 is 32.2. The van der Waals surface area contributed by atoms with Crippen LogP contribution < -0.4 is 16.0 Å². The molecule has 2 fully saturated rings. The Labute approximate surface area is 158 Å². The van der Waals surface area contributed by atoms with Gasteiger partial charge in [-0.25, -0.2) is 8.42 Å². The number of nitrogens with zero attached hydrogens (tertiary/aromatic N) is 1. The number of carbonyl (C=O) groups is 2. The van der Waals surface area contributed by atoms with E-state index in [1.807, 2.05) is 0 Å². The number of anilines is 1. The van der Waals surface area contributed by atoms with Gasteiger partial charge in [-0.05, 0) is 44.1 Å². The first kappa shape index (κ1) is 19.7. The van der Waals surface area contributed by atoms with E-state index in [9.17, 15) is 18.0 Å². The monoisotopic (exact) mass is 396 g/mol. The molecule has 0 radical (unpaired) electrons. The Balaban J connectivity index is 1.79. The van der Waals surface area contributed by atoms with E-state index in [1.165, 1.54) is 19.2 Å². The van der Waals surface area contributed by atoms with Crippen molar-refractivity contribution >= 4 is 27.5 Å². The Bertz CT molecular complexity index is 820. The molecule has 2 saturated heterocycles. The average molecular weight is 396 g/mol. The second-order valence-corrected chi connectivity index (χ2v) is 8.56. The number of hydrogen-bond donors (Lipinski definition) is 3. The Hall–Kier alpha value is -2.01. The van der Waals surface area contributed by atoms with Gasteiger partial charge in [0.1, 0.15) is 5.60 Å². The summed E-state index contributed by atoms with van der Waals surface area (Å²) in [5.41, 5.74) is -0.553. The van der Waals surface area contributed by atoms with E-state index in [0.29, 0.717) is 31.6 Å². The summed E-state index contributed by atoms with van der Waals surface area (Å²) in [6.07, 6.45) is 1.08. The molecule has 10 heteroatoms. The molecule has 0 spiro atoms. The van der Waals surface area contributed by atoms with Crippen molar-refractivity contribution in [3.05, 3.63) is 24.3 Å². The molecular formula is C17H24N4O5S. The second-order valence-electron chi connectivity index (χ2n) is 6.62. The van der Waals surface area contributed by atoms with Crippen LogP contribution in [0.1, 0.15) is 12.8 Å². The van der Waals surface area contributed by atoms with Gasteiger partial charge in [-0.2, -0.15) is 4.31 Å². The molecule has 2 heterocycles. The highest BCUT2D eigenvalue weighted by molar-refractivity contribution is 7.89. The normalized spacial score (nSPS) is 20.7. The summed E-state index contributed by atoms with van der Waals surface area (Å²) in [5.74, 6) is -0.624. The SMILES string of the molecule is COC1(C(=O)Nc2cccc(S(=O)(=O)N3CCNC(=O)C3)c2)CCNCC1. The van der Waals surface area contributed by atoms with Crippen LogP contribution in [0.2, 0.25) is 0 Å². The van der Waals surface area contributed by atoms with Gasteiger partial charge in [0.25, 0.3) is 5.91 Å². The second kappa shape index (κ2) is 7.93. The number of benzene rings is 1. The van der Waals surface area contributed by atoms with E-state index in [-0.39, 0.29) is 36.3 Å². The molecule has 2 aliphatic heterocycles. The highest BCUT2D eigenvalue weighted by atomic mass is 32.2. The minimum Gasteiger partial charge on any atom is -0.368 e. The van der Waals surface area contributed by atoms with E-state index in [1.54, 1.807) is 12.1 Å². The number of ether oxygens (including phenoxy) is 1. The fourth-order valence-electron chi connectivity index (χ4n) is 3.30. The molecule has 9 nitrogen and oxygen atoms in total. The number of sulfonamides is 1. The third kappa shape index (κ3) is 4.13. The smallest absolute Gasteiger partial charge is 0.256 e.